The number of ether oxygens (including phenoxy) is 2. The first-order valence-electron chi connectivity index (χ1n) is 8.82. The zero-order chi connectivity index (χ0) is 21.3. The summed E-state index contributed by atoms with van der Waals surface area (Å²) in [7, 11) is 2.76. The molecule has 0 radical (unpaired) electrons. The molecule has 9 nitrogen and oxygen atoms in total. The summed E-state index contributed by atoms with van der Waals surface area (Å²) in [4.78, 5) is 32.9. The van der Waals surface area contributed by atoms with Crippen LogP contribution in [0.2, 0.25) is 0 Å². The van der Waals surface area contributed by atoms with Crippen molar-refractivity contribution in [2.24, 2.45) is 0 Å². The van der Waals surface area contributed by atoms with Crippen LogP contribution < -0.4 is 9.47 Å². The average Bonchev–Trinajstić information content (AvgIpc) is 3.23. The van der Waals surface area contributed by atoms with Gasteiger partial charge in [-0.1, -0.05) is 0 Å². The molecule has 0 saturated heterocycles. The molecular formula is C20H19NO8. The summed E-state index contributed by atoms with van der Waals surface area (Å²) in [5, 5.41) is 29.9. The predicted octanol–water partition coefficient (Wildman–Crippen LogP) is 2.97. The van der Waals surface area contributed by atoms with E-state index in [9.17, 15) is 29.9 Å². The molecule has 9 heteroatoms. The highest BCUT2D eigenvalue weighted by molar-refractivity contribution is 6.03. The molecule has 0 unspecified atom stereocenters. The number of methoxy groups -OCH3 is 2. The Hall–Kier alpha value is -3.62. The van der Waals surface area contributed by atoms with Crippen LogP contribution in [0.25, 0.3) is 0 Å². The minimum atomic E-state index is -0.685. The topological polar surface area (TPSA) is 136 Å². The van der Waals surface area contributed by atoms with Crippen LogP contribution >= 0.6 is 0 Å². The first kappa shape index (κ1) is 20.1. The van der Waals surface area contributed by atoms with E-state index in [4.69, 9.17) is 9.47 Å². The second-order valence-electron chi connectivity index (χ2n) is 6.59. The van der Waals surface area contributed by atoms with Gasteiger partial charge in [0, 0.05) is 29.5 Å². The maximum absolute atomic E-state index is 11.5. The number of nitro groups is 1. The summed E-state index contributed by atoms with van der Waals surface area (Å²) >= 11 is 0. The predicted molar refractivity (Wildman–Crippen MR) is 101 cm³/mol. The van der Waals surface area contributed by atoms with Crippen molar-refractivity contribution in [2.45, 2.75) is 25.7 Å². The van der Waals surface area contributed by atoms with Crippen LogP contribution in [0.5, 0.6) is 23.0 Å². The molecule has 0 heterocycles. The number of Topliss-reactive ketones (excluding diaryl/α,β-unsaturated/α-hetero) is 2. The van der Waals surface area contributed by atoms with Gasteiger partial charge < -0.3 is 19.7 Å². The molecule has 2 aliphatic rings. The maximum Gasteiger partial charge on any atom is 0.318 e. The molecule has 0 spiro atoms. The second kappa shape index (κ2) is 7.78. The highest BCUT2D eigenvalue weighted by atomic mass is 16.6. The number of hydrogen-bond acceptors (Lipinski definition) is 8. The largest absolute Gasteiger partial charge is 0.504 e. The van der Waals surface area contributed by atoms with Crippen LogP contribution in [0.1, 0.15) is 44.7 Å². The van der Waals surface area contributed by atoms with Crippen LogP contribution in [0.4, 0.5) is 5.69 Å². The Balaban J connectivity index is 0.000000169. The number of rotatable bonds is 3. The van der Waals surface area contributed by atoms with Gasteiger partial charge in [0.05, 0.1) is 19.1 Å². The Morgan fingerprint density at radius 3 is 2.10 bits per heavy atom. The van der Waals surface area contributed by atoms with Gasteiger partial charge in [0.2, 0.25) is 5.75 Å². The number of phenols is 2. The van der Waals surface area contributed by atoms with Gasteiger partial charge in [-0.15, -0.1) is 0 Å². The molecule has 2 N–H and O–H groups in total. The molecule has 2 aliphatic carbocycles. The Morgan fingerprint density at radius 1 is 0.897 bits per heavy atom. The molecule has 0 aliphatic heterocycles. The van der Waals surface area contributed by atoms with Crippen molar-refractivity contribution in [1.29, 1.82) is 0 Å². The van der Waals surface area contributed by atoms with E-state index in [1.54, 1.807) is 12.1 Å². The Bertz CT molecular complexity index is 1030. The third-order valence-electron chi connectivity index (χ3n) is 4.98. The first-order chi connectivity index (χ1) is 13.8. The monoisotopic (exact) mass is 401 g/mol. The quantitative estimate of drug-likeness (QED) is 0.592. The molecule has 152 valence electrons. The van der Waals surface area contributed by atoms with E-state index in [0.717, 1.165) is 12.0 Å². The fourth-order valence-electron chi connectivity index (χ4n) is 3.53. The highest BCUT2D eigenvalue weighted by Crippen LogP contribution is 2.43. The van der Waals surface area contributed by atoms with Crippen molar-refractivity contribution < 1.29 is 34.2 Å². The lowest BCUT2D eigenvalue weighted by atomic mass is 10.1. The third-order valence-corrected chi connectivity index (χ3v) is 4.98. The van der Waals surface area contributed by atoms with Gasteiger partial charge in [-0.2, -0.15) is 0 Å². The van der Waals surface area contributed by atoms with E-state index < -0.39 is 16.4 Å². The number of carbonyl (C=O) groups is 2. The summed E-state index contributed by atoms with van der Waals surface area (Å²) in [6.07, 6.45) is 1.80. The Kier molecular flexibility index (Phi) is 5.40. The van der Waals surface area contributed by atoms with Crippen LogP contribution in [0.3, 0.4) is 0 Å². The van der Waals surface area contributed by atoms with Crippen LogP contribution in [-0.2, 0) is 12.8 Å². The van der Waals surface area contributed by atoms with Crippen molar-refractivity contribution in [3.8, 4) is 23.0 Å². The molecule has 0 amide bonds. The molecule has 29 heavy (non-hydrogen) atoms. The van der Waals surface area contributed by atoms with Crippen LogP contribution in [0, 0.1) is 10.1 Å². The number of nitro benzene ring substituents is 1. The highest BCUT2D eigenvalue weighted by Gasteiger charge is 2.33. The van der Waals surface area contributed by atoms with Gasteiger partial charge in [-0.3, -0.25) is 19.7 Å². The van der Waals surface area contributed by atoms with Crippen molar-refractivity contribution >= 4 is 17.3 Å². The van der Waals surface area contributed by atoms with Crippen molar-refractivity contribution in [2.75, 3.05) is 14.2 Å². The van der Waals surface area contributed by atoms with Crippen LogP contribution in [-0.4, -0.2) is 40.9 Å². The van der Waals surface area contributed by atoms with E-state index in [1.807, 2.05) is 0 Å². The normalized spacial score (nSPS) is 14.0. The molecule has 2 aromatic carbocycles. The number of nitrogens with zero attached hydrogens (tertiary/aromatic N) is 1. The Labute approximate surface area is 165 Å². The summed E-state index contributed by atoms with van der Waals surface area (Å²) in [5.74, 6) is -0.101. The first-order valence-corrected chi connectivity index (χ1v) is 8.82. The fourth-order valence-corrected chi connectivity index (χ4v) is 3.53. The molecule has 2 aromatic rings. The second-order valence-corrected chi connectivity index (χ2v) is 6.59. The minimum absolute atomic E-state index is 0.0410. The summed E-state index contributed by atoms with van der Waals surface area (Å²) in [6.45, 7) is 0. The van der Waals surface area contributed by atoms with E-state index >= 15 is 0 Å². The molecular weight excluding hydrogens is 382 g/mol. The van der Waals surface area contributed by atoms with E-state index in [0.29, 0.717) is 29.7 Å². The van der Waals surface area contributed by atoms with Gasteiger partial charge in [0.1, 0.15) is 0 Å². The van der Waals surface area contributed by atoms with Crippen molar-refractivity contribution in [3.63, 3.8) is 0 Å². The molecule has 4 rings (SSSR count). The number of aryl methyl sites for hydroxylation is 1. The van der Waals surface area contributed by atoms with Crippen LogP contribution in [0.15, 0.2) is 18.2 Å². The summed E-state index contributed by atoms with van der Waals surface area (Å²) < 4.78 is 9.72. The van der Waals surface area contributed by atoms with E-state index in [1.165, 1.54) is 20.3 Å². The molecule has 0 fully saturated rings. The van der Waals surface area contributed by atoms with Crippen molar-refractivity contribution in [1.82, 2.24) is 0 Å². The number of phenolic OH excluding ortho intramolecular Hbond substituents is 2. The van der Waals surface area contributed by atoms with E-state index in [2.05, 4.69) is 0 Å². The van der Waals surface area contributed by atoms with Gasteiger partial charge in [-0.05, 0) is 36.6 Å². The lowest BCUT2D eigenvalue weighted by molar-refractivity contribution is -0.386. The summed E-state index contributed by atoms with van der Waals surface area (Å²) in [6, 6.07) is 4.58. The van der Waals surface area contributed by atoms with E-state index in [-0.39, 0.29) is 35.0 Å². The lowest BCUT2D eigenvalue weighted by Gasteiger charge is -2.07. The Morgan fingerprint density at radius 2 is 1.48 bits per heavy atom. The zero-order valence-electron chi connectivity index (χ0n) is 15.9. The molecule has 0 aromatic heterocycles. The SMILES string of the molecule is COc1cc2c(c([N+](=O)[O-])c1O)CCC2=O.COc1cc2c(cc1O)CCC2=O. The number of fused-ring (bicyclic) bond motifs is 2. The van der Waals surface area contributed by atoms with Gasteiger partial charge in [-0.25, -0.2) is 0 Å². The van der Waals surface area contributed by atoms with Gasteiger partial charge in [0.25, 0.3) is 0 Å². The smallest absolute Gasteiger partial charge is 0.318 e. The molecule has 0 saturated carbocycles. The number of carbonyl (C=O) groups excluding carboxylic acids is 2. The maximum atomic E-state index is 11.5. The number of aromatic hydroxyl groups is 2. The average molecular weight is 401 g/mol. The lowest BCUT2D eigenvalue weighted by Crippen LogP contribution is -1.99. The minimum Gasteiger partial charge on any atom is -0.504 e. The molecule has 0 bridgehead atoms. The zero-order valence-corrected chi connectivity index (χ0v) is 15.9. The standard InChI is InChI=1S/C10H9NO5.C10H10O3/c1-16-8-4-6-5(2-3-7(6)12)9(10(8)13)11(14)15;1-13-10-5-7-6(4-9(10)12)2-3-8(7)11/h4,13H,2-3H2,1H3;4-5,12H,2-3H2,1H3. The molecule has 0 atom stereocenters. The van der Waals surface area contributed by atoms with Crippen molar-refractivity contribution in [3.05, 3.63) is 50.6 Å². The van der Waals surface area contributed by atoms with Gasteiger partial charge >= 0.3 is 5.69 Å². The number of ketones is 2. The third kappa shape index (κ3) is 3.58. The number of benzene rings is 2. The number of hydrogen-bond donors (Lipinski definition) is 2. The van der Waals surface area contributed by atoms with Gasteiger partial charge in [0.15, 0.2) is 28.8 Å². The summed E-state index contributed by atoms with van der Waals surface area (Å²) in [5.41, 5.74) is 1.77. The fraction of sp³-hybridized carbons (Fsp3) is 0.300.